The van der Waals surface area contributed by atoms with Crippen LogP contribution in [0.3, 0.4) is 0 Å². The van der Waals surface area contributed by atoms with E-state index < -0.39 is 0 Å². The van der Waals surface area contributed by atoms with E-state index in [1.807, 2.05) is 0 Å². The number of hydrogen-bond acceptors (Lipinski definition) is 4. The summed E-state index contributed by atoms with van der Waals surface area (Å²) in [5, 5.41) is 0. The number of benzene rings is 1. The molecule has 1 aromatic rings. The lowest BCUT2D eigenvalue weighted by molar-refractivity contribution is -0.141. The first-order chi connectivity index (χ1) is 8.17. The normalized spacial score (nSPS) is 9.06. The second-order valence-corrected chi connectivity index (χ2v) is 3.24. The second kappa shape index (κ2) is 6.44. The topological polar surface area (TPSA) is 61.5 Å². The lowest BCUT2D eigenvalue weighted by Gasteiger charge is -2.03. The molecule has 2 N–H and O–H groups in total. The number of hydrogen-bond donors (Lipinski definition) is 1. The van der Waals surface area contributed by atoms with Crippen LogP contribution in [-0.4, -0.2) is 19.7 Å². The van der Waals surface area contributed by atoms with Crippen LogP contribution in [0, 0.1) is 11.8 Å². The third-order valence-corrected chi connectivity index (χ3v) is 2.00. The highest BCUT2D eigenvalue weighted by Crippen LogP contribution is 2.21. The Morgan fingerprint density at radius 1 is 1.47 bits per heavy atom. The van der Waals surface area contributed by atoms with E-state index >= 15 is 0 Å². The molecule has 0 spiro atoms. The van der Waals surface area contributed by atoms with Crippen molar-refractivity contribution in [3.63, 3.8) is 0 Å². The number of nitrogen functional groups attached to an aromatic ring is 1. The monoisotopic (exact) mass is 233 g/mol. The Labute approximate surface area is 101 Å². The van der Waals surface area contributed by atoms with Crippen LogP contribution in [0.1, 0.15) is 18.9 Å². The van der Waals surface area contributed by atoms with Gasteiger partial charge in [-0.05, 0) is 25.1 Å². The Morgan fingerprint density at radius 2 is 2.24 bits per heavy atom. The Bertz CT molecular complexity index is 457. The van der Waals surface area contributed by atoms with Crippen LogP contribution in [0.25, 0.3) is 0 Å². The van der Waals surface area contributed by atoms with Crippen molar-refractivity contribution in [1.82, 2.24) is 0 Å². The van der Waals surface area contributed by atoms with Gasteiger partial charge in [-0.1, -0.05) is 11.8 Å². The van der Waals surface area contributed by atoms with Crippen LogP contribution in [0.15, 0.2) is 18.2 Å². The fourth-order valence-corrected chi connectivity index (χ4v) is 1.22. The van der Waals surface area contributed by atoms with Crippen LogP contribution in [0.4, 0.5) is 5.69 Å². The van der Waals surface area contributed by atoms with Gasteiger partial charge in [0.05, 0.1) is 19.4 Å². The van der Waals surface area contributed by atoms with E-state index in [-0.39, 0.29) is 12.4 Å². The van der Waals surface area contributed by atoms with Crippen LogP contribution >= 0.6 is 0 Å². The van der Waals surface area contributed by atoms with E-state index in [4.69, 9.17) is 15.2 Å². The van der Waals surface area contributed by atoms with Crippen molar-refractivity contribution in [2.24, 2.45) is 0 Å². The summed E-state index contributed by atoms with van der Waals surface area (Å²) < 4.78 is 9.82. The summed E-state index contributed by atoms with van der Waals surface area (Å²) in [6.07, 6.45) is 0.0839. The predicted molar refractivity (Wildman–Crippen MR) is 65.5 cm³/mol. The molecule has 0 fully saturated rings. The van der Waals surface area contributed by atoms with Crippen LogP contribution in [0.5, 0.6) is 5.75 Å². The minimum Gasteiger partial charge on any atom is -0.495 e. The molecule has 90 valence electrons. The number of carbonyl (C=O) groups is 1. The van der Waals surface area contributed by atoms with Gasteiger partial charge in [0, 0.05) is 5.56 Å². The van der Waals surface area contributed by atoms with Gasteiger partial charge in [-0.3, -0.25) is 4.79 Å². The molecule has 0 aliphatic carbocycles. The van der Waals surface area contributed by atoms with Crippen molar-refractivity contribution < 1.29 is 14.3 Å². The van der Waals surface area contributed by atoms with Gasteiger partial charge in [0.2, 0.25) is 0 Å². The Kier molecular flexibility index (Phi) is 4.89. The molecule has 4 nitrogen and oxygen atoms in total. The molecule has 0 bridgehead atoms. The number of ether oxygens (including phenoxy) is 2. The number of rotatable bonds is 3. The number of esters is 1. The largest absolute Gasteiger partial charge is 0.495 e. The number of methoxy groups -OCH3 is 1. The average molecular weight is 233 g/mol. The molecule has 0 aliphatic rings. The van der Waals surface area contributed by atoms with E-state index in [0.29, 0.717) is 18.0 Å². The van der Waals surface area contributed by atoms with Gasteiger partial charge >= 0.3 is 5.97 Å². The van der Waals surface area contributed by atoms with Gasteiger partial charge in [-0.25, -0.2) is 0 Å². The van der Waals surface area contributed by atoms with Gasteiger partial charge in [0.15, 0.2) is 0 Å². The fraction of sp³-hybridized carbons (Fsp3) is 0.308. The minimum absolute atomic E-state index is 0.0839. The van der Waals surface area contributed by atoms with E-state index in [1.54, 1.807) is 32.2 Å². The molecule has 4 heteroatoms. The maximum atomic E-state index is 11.0. The van der Waals surface area contributed by atoms with Crippen molar-refractivity contribution >= 4 is 11.7 Å². The van der Waals surface area contributed by atoms with Gasteiger partial charge in [0.1, 0.15) is 12.2 Å². The van der Waals surface area contributed by atoms with Crippen LogP contribution < -0.4 is 10.5 Å². The lowest BCUT2D eigenvalue weighted by atomic mass is 10.2. The van der Waals surface area contributed by atoms with Crippen molar-refractivity contribution in [2.45, 2.75) is 13.3 Å². The van der Waals surface area contributed by atoms with E-state index in [1.165, 1.54) is 0 Å². The number of nitrogens with two attached hydrogens (primary N) is 1. The first-order valence-corrected chi connectivity index (χ1v) is 5.25. The van der Waals surface area contributed by atoms with Gasteiger partial charge in [-0.15, -0.1) is 0 Å². The van der Waals surface area contributed by atoms with Crippen LogP contribution in [0.2, 0.25) is 0 Å². The van der Waals surface area contributed by atoms with Crippen molar-refractivity contribution in [1.29, 1.82) is 0 Å². The highest BCUT2D eigenvalue weighted by molar-refractivity contribution is 5.72. The Morgan fingerprint density at radius 3 is 2.88 bits per heavy atom. The minimum atomic E-state index is -0.317. The van der Waals surface area contributed by atoms with Gasteiger partial charge < -0.3 is 15.2 Å². The molecule has 17 heavy (non-hydrogen) atoms. The van der Waals surface area contributed by atoms with E-state index in [2.05, 4.69) is 11.8 Å². The highest BCUT2D eigenvalue weighted by atomic mass is 16.5. The summed E-state index contributed by atoms with van der Waals surface area (Å²) >= 11 is 0. The molecule has 1 aromatic carbocycles. The zero-order valence-electron chi connectivity index (χ0n) is 9.95. The third kappa shape index (κ3) is 4.07. The Hall–Kier alpha value is -2.15. The summed E-state index contributed by atoms with van der Waals surface area (Å²) in [5.74, 6) is 5.85. The molecule has 0 aliphatic heterocycles. The fourth-order valence-electron chi connectivity index (χ4n) is 1.22. The molecule has 0 saturated heterocycles. The molecule has 0 unspecified atom stereocenters. The molecule has 0 atom stereocenters. The second-order valence-electron chi connectivity index (χ2n) is 3.24. The SMILES string of the molecule is CCOC(=O)CC#Cc1ccc(N)c(OC)c1. The summed E-state index contributed by atoms with van der Waals surface area (Å²) in [4.78, 5) is 11.0. The van der Waals surface area contributed by atoms with Crippen molar-refractivity contribution in [3.8, 4) is 17.6 Å². The lowest BCUT2D eigenvalue weighted by Crippen LogP contribution is -2.01. The summed E-state index contributed by atoms with van der Waals surface area (Å²) in [5.41, 5.74) is 6.98. The summed E-state index contributed by atoms with van der Waals surface area (Å²) in [7, 11) is 1.54. The molecule has 0 amide bonds. The van der Waals surface area contributed by atoms with Gasteiger partial charge in [0.25, 0.3) is 0 Å². The summed E-state index contributed by atoms with van der Waals surface area (Å²) in [6, 6.07) is 5.22. The number of carbonyl (C=O) groups excluding carboxylic acids is 1. The molecule has 1 rings (SSSR count). The maximum Gasteiger partial charge on any atom is 0.317 e. The summed E-state index contributed by atoms with van der Waals surface area (Å²) in [6.45, 7) is 2.13. The molecule has 0 aromatic heterocycles. The van der Waals surface area contributed by atoms with Crippen molar-refractivity contribution in [3.05, 3.63) is 23.8 Å². The quantitative estimate of drug-likeness (QED) is 0.489. The smallest absolute Gasteiger partial charge is 0.317 e. The van der Waals surface area contributed by atoms with E-state index in [0.717, 1.165) is 5.56 Å². The first-order valence-electron chi connectivity index (χ1n) is 5.25. The number of anilines is 1. The molecule has 0 saturated carbocycles. The predicted octanol–water partition coefficient (Wildman–Crippen LogP) is 1.58. The van der Waals surface area contributed by atoms with Crippen LogP contribution in [-0.2, 0) is 9.53 Å². The molecule has 0 heterocycles. The van der Waals surface area contributed by atoms with E-state index in [9.17, 15) is 4.79 Å². The molecule has 0 radical (unpaired) electrons. The Balaban J connectivity index is 2.69. The first kappa shape index (κ1) is 12.9. The van der Waals surface area contributed by atoms with Crippen molar-refractivity contribution in [2.75, 3.05) is 19.5 Å². The standard InChI is InChI=1S/C13H15NO3/c1-3-17-13(15)6-4-5-10-7-8-11(14)12(9-10)16-2/h7-9H,3,6,14H2,1-2H3. The maximum absolute atomic E-state index is 11.0. The zero-order valence-corrected chi connectivity index (χ0v) is 9.95. The third-order valence-electron chi connectivity index (χ3n) is 2.00. The highest BCUT2D eigenvalue weighted by Gasteiger charge is 1.99. The molecular weight excluding hydrogens is 218 g/mol. The average Bonchev–Trinajstić information content (AvgIpc) is 2.31. The van der Waals surface area contributed by atoms with Gasteiger partial charge in [-0.2, -0.15) is 0 Å². The zero-order chi connectivity index (χ0) is 12.7. The molecular formula is C13H15NO3.